The number of halogens is 2. The third-order valence-corrected chi connectivity index (χ3v) is 7.65. The number of carbonyl (C=O) groups is 3. The summed E-state index contributed by atoms with van der Waals surface area (Å²) in [6.45, 7) is 2.45. The molecule has 0 spiro atoms. The zero-order chi connectivity index (χ0) is 26.3. The summed E-state index contributed by atoms with van der Waals surface area (Å²) in [5.74, 6) is -8.03. The molecule has 0 aromatic heterocycles. The second-order valence-corrected chi connectivity index (χ2v) is 10.8. The van der Waals surface area contributed by atoms with Gasteiger partial charge in [-0.05, 0) is 80.4 Å². The van der Waals surface area contributed by atoms with Crippen molar-refractivity contribution in [3.05, 3.63) is 23.8 Å². The summed E-state index contributed by atoms with van der Waals surface area (Å²) in [6, 6.07) is 3.78. The summed E-state index contributed by atoms with van der Waals surface area (Å²) < 4.78 is 49.3. The van der Waals surface area contributed by atoms with Crippen molar-refractivity contribution in [3.8, 4) is 11.5 Å². The standard InChI is InChI=1S/C26H32F2O8/c1-14(2)21(26(27,28)23(30)31)36-22(29)18-4-5-19(34-13-33-3)20(9-18)35-24(32)25-10-15-6-16(11-25)8-17(7-15)12-25/h4-5,9,14-17,21H,6-8,10-13H2,1-3H3,(H,30,31)/p-1. The first kappa shape index (κ1) is 26.3. The van der Waals surface area contributed by atoms with Crippen LogP contribution in [-0.4, -0.2) is 43.8 Å². The minimum Gasteiger partial charge on any atom is -0.544 e. The van der Waals surface area contributed by atoms with Crippen LogP contribution in [0.5, 0.6) is 11.5 Å². The molecule has 0 radical (unpaired) electrons. The molecule has 0 N–H and O–H groups in total. The Morgan fingerprint density at radius 1 is 1.06 bits per heavy atom. The number of hydrogen-bond donors (Lipinski definition) is 0. The molecule has 1 aromatic carbocycles. The maximum Gasteiger partial charge on any atom is 0.338 e. The van der Waals surface area contributed by atoms with Crippen molar-refractivity contribution in [1.29, 1.82) is 0 Å². The Bertz CT molecular complexity index is 986. The van der Waals surface area contributed by atoms with Crippen LogP contribution in [0, 0.1) is 29.1 Å². The first-order chi connectivity index (χ1) is 16.9. The first-order valence-electron chi connectivity index (χ1n) is 12.2. The number of methoxy groups -OCH3 is 1. The lowest BCUT2D eigenvalue weighted by molar-refractivity contribution is -0.337. The zero-order valence-corrected chi connectivity index (χ0v) is 20.6. The lowest BCUT2D eigenvalue weighted by Crippen LogP contribution is -2.53. The van der Waals surface area contributed by atoms with Gasteiger partial charge in [-0.1, -0.05) is 13.8 Å². The van der Waals surface area contributed by atoms with Gasteiger partial charge in [0.2, 0.25) is 0 Å². The van der Waals surface area contributed by atoms with E-state index in [1.54, 1.807) is 0 Å². The van der Waals surface area contributed by atoms with E-state index < -0.39 is 41.3 Å². The fourth-order valence-corrected chi connectivity index (χ4v) is 6.45. The van der Waals surface area contributed by atoms with Crippen molar-refractivity contribution in [2.24, 2.45) is 29.1 Å². The predicted octanol–water partition coefficient (Wildman–Crippen LogP) is 3.36. The van der Waals surface area contributed by atoms with Crippen LogP contribution in [0.25, 0.3) is 0 Å². The number of esters is 2. The smallest absolute Gasteiger partial charge is 0.338 e. The van der Waals surface area contributed by atoms with Gasteiger partial charge in [0.1, 0.15) is 5.97 Å². The third kappa shape index (κ3) is 5.05. The quantitative estimate of drug-likeness (QED) is 0.268. The van der Waals surface area contributed by atoms with E-state index in [-0.39, 0.29) is 23.9 Å². The molecule has 1 unspecified atom stereocenters. The molecule has 0 aliphatic heterocycles. The fraction of sp³-hybridized carbons (Fsp3) is 0.654. The number of carbonyl (C=O) groups excluding carboxylic acids is 3. The van der Waals surface area contributed by atoms with Gasteiger partial charge in [-0.15, -0.1) is 0 Å². The largest absolute Gasteiger partial charge is 0.544 e. The van der Waals surface area contributed by atoms with Gasteiger partial charge in [0.15, 0.2) is 24.4 Å². The number of carboxylic acid groups (broad SMARTS) is 1. The molecule has 4 aliphatic rings. The van der Waals surface area contributed by atoms with Crippen LogP contribution in [-0.2, 0) is 19.1 Å². The molecule has 4 saturated carbocycles. The van der Waals surface area contributed by atoms with Gasteiger partial charge in [-0.3, -0.25) is 4.79 Å². The van der Waals surface area contributed by atoms with Crippen LogP contribution < -0.4 is 14.6 Å². The average molecular weight is 510 g/mol. The highest BCUT2D eigenvalue weighted by molar-refractivity contribution is 5.91. The van der Waals surface area contributed by atoms with E-state index >= 15 is 0 Å². The molecule has 1 atom stereocenters. The normalized spacial score (nSPS) is 27.6. The molecule has 4 fully saturated rings. The molecule has 8 nitrogen and oxygen atoms in total. The molecule has 0 amide bonds. The number of aliphatic carboxylic acids is 1. The summed E-state index contributed by atoms with van der Waals surface area (Å²) in [5, 5.41) is 10.9. The maximum absolute atomic E-state index is 14.1. The predicted molar refractivity (Wildman–Crippen MR) is 119 cm³/mol. The highest BCUT2D eigenvalue weighted by atomic mass is 19.3. The van der Waals surface area contributed by atoms with Crippen LogP contribution in [0.2, 0.25) is 0 Å². The van der Waals surface area contributed by atoms with Gasteiger partial charge < -0.3 is 28.8 Å². The number of hydrogen-bond acceptors (Lipinski definition) is 8. The Labute approximate surface area is 208 Å². The van der Waals surface area contributed by atoms with Crippen molar-refractivity contribution in [1.82, 2.24) is 0 Å². The summed E-state index contributed by atoms with van der Waals surface area (Å²) in [4.78, 5) is 37.1. The number of rotatable bonds is 10. The molecule has 10 heteroatoms. The SMILES string of the molecule is COCOc1ccc(C(=O)OC(C(C)C)C(F)(F)C(=O)[O-])cc1OC(=O)C12CC3CC(CC(C3)C1)C2. The van der Waals surface area contributed by atoms with Gasteiger partial charge in [-0.25, -0.2) is 4.79 Å². The number of benzene rings is 1. The summed E-state index contributed by atoms with van der Waals surface area (Å²) in [5.41, 5.74) is -0.781. The van der Waals surface area contributed by atoms with Crippen molar-refractivity contribution >= 4 is 17.9 Å². The summed E-state index contributed by atoms with van der Waals surface area (Å²) >= 11 is 0. The van der Waals surface area contributed by atoms with Crippen LogP contribution in [0.4, 0.5) is 8.78 Å². The Balaban J connectivity index is 1.57. The molecular weight excluding hydrogens is 478 g/mol. The summed E-state index contributed by atoms with van der Waals surface area (Å²) in [7, 11) is 1.41. The van der Waals surface area contributed by atoms with E-state index in [1.807, 2.05) is 0 Å². The third-order valence-electron chi connectivity index (χ3n) is 7.65. The molecule has 4 aliphatic carbocycles. The van der Waals surface area contributed by atoms with Gasteiger partial charge in [0.05, 0.1) is 11.0 Å². The van der Waals surface area contributed by atoms with E-state index in [9.17, 15) is 28.3 Å². The van der Waals surface area contributed by atoms with Crippen molar-refractivity contribution < 1.29 is 47.2 Å². The van der Waals surface area contributed by atoms with E-state index in [2.05, 4.69) is 0 Å². The van der Waals surface area contributed by atoms with Crippen LogP contribution in [0.3, 0.4) is 0 Å². The van der Waals surface area contributed by atoms with E-state index in [0.29, 0.717) is 17.8 Å². The minimum atomic E-state index is -4.39. The van der Waals surface area contributed by atoms with Crippen LogP contribution in [0.1, 0.15) is 62.7 Å². The van der Waals surface area contributed by atoms with Crippen LogP contribution >= 0.6 is 0 Å². The highest BCUT2D eigenvalue weighted by Gasteiger charge is 2.55. The highest BCUT2D eigenvalue weighted by Crippen LogP contribution is 2.60. The Morgan fingerprint density at radius 3 is 2.14 bits per heavy atom. The number of ether oxygens (including phenoxy) is 4. The van der Waals surface area contributed by atoms with Crippen molar-refractivity contribution in [2.45, 2.75) is 64.4 Å². The van der Waals surface area contributed by atoms with Crippen molar-refractivity contribution in [3.63, 3.8) is 0 Å². The van der Waals surface area contributed by atoms with E-state index in [0.717, 1.165) is 38.5 Å². The van der Waals surface area contributed by atoms with Gasteiger partial charge >= 0.3 is 17.9 Å². The summed E-state index contributed by atoms with van der Waals surface area (Å²) in [6.07, 6.45) is 3.47. The lowest BCUT2D eigenvalue weighted by Gasteiger charge is -2.55. The molecule has 198 valence electrons. The first-order valence-corrected chi connectivity index (χ1v) is 12.2. The minimum absolute atomic E-state index is 0.0602. The Morgan fingerprint density at radius 2 is 1.64 bits per heavy atom. The van der Waals surface area contributed by atoms with E-state index in [4.69, 9.17) is 18.9 Å². The van der Waals surface area contributed by atoms with Gasteiger partial charge in [0, 0.05) is 7.11 Å². The molecule has 5 rings (SSSR count). The van der Waals surface area contributed by atoms with Crippen LogP contribution in [0.15, 0.2) is 18.2 Å². The number of alkyl halides is 2. The maximum atomic E-state index is 14.1. The van der Waals surface area contributed by atoms with Gasteiger partial charge in [0.25, 0.3) is 0 Å². The molecule has 36 heavy (non-hydrogen) atoms. The monoisotopic (exact) mass is 509 g/mol. The Hall–Kier alpha value is -2.75. The molecule has 0 heterocycles. The fourth-order valence-electron chi connectivity index (χ4n) is 6.45. The lowest BCUT2D eigenvalue weighted by atomic mass is 9.49. The molecule has 4 bridgehead atoms. The van der Waals surface area contributed by atoms with E-state index in [1.165, 1.54) is 39.2 Å². The second-order valence-electron chi connectivity index (χ2n) is 10.8. The Kier molecular flexibility index (Phi) is 7.28. The molecule has 0 saturated heterocycles. The zero-order valence-electron chi connectivity index (χ0n) is 20.6. The molecular formula is C26H31F2O8-. The topological polar surface area (TPSA) is 111 Å². The number of carboxylic acids is 1. The second kappa shape index (κ2) is 9.95. The average Bonchev–Trinajstić information content (AvgIpc) is 2.80. The van der Waals surface area contributed by atoms with Crippen molar-refractivity contribution in [2.75, 3.05) is 13.9 Å². The molecule has 1 aromatic rings. The van der Waals surface area contributed by atoms with Gasteiger partial charge in [-0.2, -0.15) is 8.78 Å².